The molecule has 8 aromatic rings. The van der Waals surface area contributed by atoms with Crippen LogP contribution in [-0.4, -0.2) is 5.71 Å². The lowest BCUT2D eigenvalue weighted by molar-refractivity contribution is 0.436. The van der Waals surface area contributed by atoms with Gasteiger partial charge in [0.1, 0.15) is 17.7 Å². The summed E-state index contributed by atoms with van der Waals surface area (Å²) in [5.74, 6) is 1.82. The number of rotatable bonds is 5. The fourth-order valence-electron chi connectivity index (χ4n) is 9.57. The molecule has 1 unspecified atom stereocenters. The molecule has 1 N–H and O–H groups in total. The zero-order valence-electron chi connectivity index (χ0n) is 31.7. The average Bonchev–Trinajstić information content (AvgIpc) is 3.41. The number of nitrogens with zero attached hydrogens (tertiary/aromatic N) is 1. The molecule has 0 aromatic heterocycles. The molecule has 0 bridgehead atoms. The van der Waals surface area contributed by atoms with Crippen molar-refractivity contribution >= 4 is 22.2 Å². The van der Waals surface area contributed by atoms with Crippen LogP contribution in [0.3, 0.4) is 0 Å². The summed E-state index contributed by atoms with van der Waals surface area (Å²) in [6.45, 7) is 2.25. The molecule has 57 heavy (non-hydrogen) atoms. The number of hydrogen-bond acceptors (Lipinski definition) is 3. The van der Waals surface area contributed by atoms with E-state index in [1.807, 2.05) is 0 Å². The van der Waals surface area contributed by atoms with Crippen molar-refractivity contribution in [2.24, 2.45) is 4.99 Å². The third-order valence-corrected chi connectivity index (χ3v) is 12.3. The Bertz CT molecular complexity index is 2880. The fraction of sp³-hybridized carbons (Fsp3) is 0.0926. The second-order valence-corrected chi connectivity index (χ2v) is 15.3. The molecule has 0 fully saturated rings. The molecule has 0 radical (unpaired) electrons. The molecule has 2 aliphatic heterocycles. The third-order valence-electron chi connectivity index (χ3n) is 12.3. The minimum Gasteiger partial charge on any atom is -0.457 e. The summed E-state index contributed by atoms with van der Waals surface area (Å²) in [6, 6.07) is 68.1. The van der Waals surface area contributed by atoms with E-state index in [4.69, 9.17) is 9.73 Å². The summed E-state index contributed by atoms with van der Waals surface area (Å²) in [5.41, 5.74) is 16.6. The Hall–Kier alpha value is -6.97. The van der Waals surface area contributed by atoms with Crippen LogP contribution in [0.2, 0.25) is 0 Å². The molecule has 8 aromatic carbocycles. The minimum absolute atomic E-state index is 0.233. The summed E-state index contributed by atoms with van der Waals surface area (Å²) in [7, 11) is 0. The van der Waals surface area contributed by atoms with E-state index in [9.17, 15) is 0 Å². The van der Waals surface area contributed by atoms with Crippen molar-refractivity contribution in [2.45, 2.75) is 31.3 Å². The van der Waals surface area contributed by atoms with Gasteiger partial charge in [-0.05, 0) is 103 Å². The van der Waals surface area contributed by atoms with E-state index in [1.165, 1.54) is 77.7 Å². The van der Waals surface area contributed by atoms with E-state index in [1.54, 1.807) is 0 Å². The van der Waals surface area contributed by atoms with Gasteiger partial charge in [0.05, 0.1) is 5.41 Å². The molecule has 1 atom stereocenters. The van der Waals surface area contributed by atoms with Gasteiger partial charge in [-0.25, -0.2) is 0 Å². The van der Waals surface area contributed by atoms with E-state index < -0.39 is 5.41 Å². The summed E-state index contributed by atoms with van der Waals surface area (Å²) in [5, 5.41) is 6.30. The molecule has 2 heterocycles. The van der Waals surface area contributed by atoms with Gasteiger partial charge in [0.2, 0.25) is 0 Å². The highest BCUT2D eigenvalue weighted by atomic mass is 16.5. The Labute approximate surface area is 333 Å². The van der Waals surface area contributed by atoms with Crippen LogP contribution >= 0.6 is 0 Å². The lowest BCUT2D eigenvalue weighted by atomic mass is 9.66. The minimum atomic E-state index is -0.491. The number of ether oxygens (including phenoxy) is 1. The van der Waals surface area contributed by atoms with Gasteiger partial charge in [-0.2, -0.15) is 0 Å². The second kappa shape index (κ2) is 13.4. The van der Waals surface area contributed by atoms with Crippen LogP contribution in [0.25, 0.3) is 38.7 Å². The number of hydrogen-bond donors (Lipinski definition) is 1. The quantitative estimate of drug-likeness (QED) is 0.191. The summed E-state index contributed by atoms with van der Waals surface area (Å²) < 4.78 is 6.57. The van der Waals surface area contributed by atoms with E-state index >= 15 is 0 Å². The molecule has 3 nitrogen and oxygen atoms in total. The first-order chi connectivity index (χ1) is 28.2. The van der Waals surface area contributed by atoms with Crippen molar-refractivity contribution in [3.8, 4) is 33.8 Å². The SMILES string of the molecule is CCC1=C(c2ccccc2)NC(c2ccc3cc(-c4ccc5c(c4)C4(c6ccccc6Oc6ccccc64)c4ccccc4-5)ccc3c2)N=C(c2ccccc2)C1. The molecule has 272 valence electrons. The first-order valence-corrected chi connectivity index (χ1v) is 20.0. The van der Waals surface area contributed by atoms with Gasteiger partial charge in [-0.3, -0.25) is 4.99 Å². The lowest BCUT2D eigenvalue weighted by Gasteiger charge is -2.39. The Morgan fingerprint density at radius 3 is 1.84 bits per heavy atom. The van der Waals surface area contributed by atoms with Crippen LogP contribution in [0.5, 0.6) is 11.5 Å². The molecule has 0 saturated heterocycles. The van der Waals surface area contributed by atoms with Crippen molar-refractivity contribution in [3.05, 3.63) is 233 Å². The number of fused-ring (bicyclic) bond motifs is 10. The number of nitrogens with one attached hydrogen (secondary N) is 1. The van der Waals surface area contributed by atoms with E-state index in [-0.39, 0.29) is 6.17 Å². The molecule has 0 amide bonds. The van der Waals surface area contributed by atoms with Gasteiger partial charge in [0.15, 0.2) is 0 Å². The highest BCUT2D eigenvalue weighted by Crippen LogP contribution is 2.62. The van der Waals surface area contributed by atoms with Crippen molar-refractivity contribution in [2.75, 3.05) is 0 Å². The molecule has 11 rings (SSSR count). The predicted molar refractivity (Wildman–Crippen MR) is 234 cm³/mol. The Kier molecular flexibility index (Phi) is 7.82. The summed E-state index contributed by atoms with van der Waals surface area (Å²) >= 11 is 0. The van der Waals surface area contributed by atoms with Gasteiger partial charge >= 0.3 is 0 Å². The van der Waals surface area contributed by atoms with E-state index in [0.717, 1.165) is 35.6 Å². The van der Waals surface area contributed by atoms with Gasteiger partial charge in [-0.15, -0.1) is 0 Å². The maximum atomic E-state index is 6.57. The molecular formula is C54H40N2O. The van der Waals surface area contributed by atoms with Crippen molar-refractivity contribution in [1.82, 2.24) is 5.32 Å². The van der Waals surface area contributed by atoms with Crippen molar-refractivity contribution < 1.29 is 4.74 Å². The Balaban J connectivity index is 1.02. The predicted octanol–water partition coefficient (Wildman–Crippen LogP) is 13.3. The van der Waals surface area contributed by atoms with Gasteiger partial charge < -0.3 is 10.1 Å². The Morgan fingerprint density at radius 2 is 1.11 bits per heavy atom. The maximum Gasteiger partial charge on any atom is 0.145 e. The highest BCUT2D eigenvalue weighted by Gasteiger charge is 2.51. The molecule has 0 saturated carbocycles. The largest absolute Gasteiger partial charge is 0.457 e. The fourth-order valence-corrected chi connectivity index (χ4v) is 9.57. The first-order valence-electron chi connectivity index (χ1n) is 20.0. The highest BCUT2D eigenvalue weighted by molar-refractivity contribution is 6.03. The standard InChI is InChI=1S/C54H40N2O/c1-2-35-34-49(36-15-5-3-6-16-36)55-53(56-52(35)37-17-7-4-8-18-37)42-28-27-38-31-39(25-26-40(38)32-42)41-29-30-44-43-19-9-10-20-45(43)54(48(44)33-41)46-21-11-13-23-50(46)57-51-24-14-12-22-47(51)54/h3-33,53,56H,2,34H2,1H3. The van der Waals surface area contributed by atoms with Crippen LogP contribution in [0, 0.1) is 0 Å². The molecule has 1 spiro atoms. The average molecular weight is 733 g/mol. The molecule has 1 aliphatic carbocycles. The second-order valence-electron chi connectivity index (χ2n) is 15.3. The monoisotopic (exact) mass is 732 g/mol. The number of allylic oxidation sites excluding steroid dienone is 1. The zero-order chi connectivity index (χ0) is 37.9. The van der Waals surface area contributed by atoms with Crippen LogP contribution < -0.4 is 10.1 Å². The zero-order valence-corrected chi connectivity index (χ0v) is 31.7. The third kappa shape index (κ3) is 5.30. The topological polar surface area (TPSA) is 33.6 Å². The number of benzene rings is 8. The summed E-state index contributed by atoms with van der Waals surface area (Å²) in [6.07, 6.45) is 1.52. The van der Waals surface area contributed by atoms with Crippen LogP contribution in [0.1, 0.15) is 64.9 Å². The smallest absolute Gasteiger partial charge is 0.145 e. The molecule has 3 heteroatoms. The van der Waals surface area contributed by atoms with E-state index in [2.05, 4.69) is 200 Å². The maximum absolute atomic E-state index is 6.57. The Morgan fingerprint density at radius 1 is 0.526 bits per heavy atom. The van der Waals surface area contributed by atoms with Crippen molar-refractivity contribution in [1.29, 1.82) is 0 Å². The van der Waals surface area contributed by atoms with Crippen molar-refractivity contribution in [3.63, 3.8) is 0 Å². The van der Waals surface area contributed by atoms with Gasteiger partial charge in [0.25, 0.3) is 0 Å². The molecular weight excluding hydrogens is 693 g/mol. The lowest BCUT2D eigenvalue weighted by Crippen LogP contribution is -2.32. The number of para-hydroxylation sites is 2. The first kappa shape index (κ1) is 33.4. The van der Waals surface area contributed by atoms with Gasteiger partial charge in [-0.1, -0.05) is 165 Å². The van der Waals surface area contributed by atoms with Crippen LogP contribution in [0.15, 0.2) is 199 Å². The normalized spacial score (nSPS) is 16.1. The summed E-state index contributed by atoms with van der Waals surface area (Å²) in [4.78, 5) is 5.44. The van der Waals surface area contributed by atoms with Crippen LogP contribution in [0.4, 0.5) is 0 Å². The number of aliphatic imine (C=N–C) groups is 1. The van der Waals surface area contributed by atoms with E-state index in [0.29, 0.717) is 0 Å². The molecule has 3 aliphatic rings. The van der Waals surface area contributed by atoms with Gasteiger partial charge in [0, 0.05) is 29.0 Å². The van der Waals surface area contributed by atoms with Crippen LogP contribution in [-0.2, 0) is 5.41 Å².